The monoisotopic (exact) mass is 436 g/mol. The van der Waals surface area contributed by atoms with Crippen molar-refractivity contribution in [3.63, 3.8) is 0 Å². The van der Waals surface area contributed by atoms with Crippen molar-refractivity contribution in [2.24, 2.45) is 0 Å². The van der Waals surface area contributed by atoms with Crippen LogP contribution in [0, 0.1) is 0 Å². The summed E-state index contributed by atoms with van der Waals surface area (Å²) in [5.74, 6) is 1.09. The van der Waals surface area contributed by atoms with E-state index in [4.69, 9.17) is 10.5 Å². The highest BCUT2D eigenvalue weighted by molar-refractivity contribution is 5.98. The van der Waals surface area contributed by atoms with Crippen molar-refractivity contribution in [2.45, 2.75) is 71.5 Å². The Morgan fingerprint density at radius 2 is 1.84 bits per heavy atom. The molecule has 2 N–H and O–H groups in total. The summed E-state index contributed by atoms with van der Waals surface area (Å²) in [5.41, 5.74) is 9.94. The number of nitrogens with zero attached hydrogens (tertiary/aromatic N) is 3. The summed E-state index contributed by atoms with van der Waals surface area (Å²) >= 11 is 0. The summed E-state index contributed by atoms with van der Waals surface area (Å²) in [6, 6.07) is 10.7. The minimum atomic E-state index is -0.633. The number of likely N-dealkylation sites (tertiary alicyclic amines) is 1. The number of nitrogen functional groups attached to an aromatic ring is 1. The lowest BCUT2D eigenvalue weighted by Gasteiger charge is -2.44. The van der Waals surface area contributed by atoms with Crippen LogP contribution in [-0.4, -0.2) is 40.9 Å². The van der Waals surface area contributed by atoms with E-state index in [0.717, 1.165) is 30.6 Å². The molecular weight excluding hydrogens is 400 g/mol. The number of hydrogen-bond donors (Lipinski definition) is 1. The lowest BCUT2D eigenvalue weighted by molar-refractivity contribution is -0.123. The molecule has 0 unspecified atom stereocenters. The number of rotatable bonds is 8. The zero-order valence-electron chi connectivity index (χ0n) is 19.7. The molecule has 2 aliphatic rings. The van der Waals surface area contributed by atoms with Gasteiger partial charge in [0, 0.05) is 31.1 Å². The van der Waals surface area contributed by atoms with Crippen molar-refractivity contribution in [3.8, 4) is 5.88 Å². The molecule has 4 rings (SSSR count). The third-order valence-electron chi connectivity index (χ3n) is 6.78. The Labute approximate surface area is 191 Å². The fourth-order valence-corrected chi connectivity index (χ4v) is 4.69. The molecule has 32 heavy (non-hydrogen) atoms. The zero-order valence-corrected chi connectivity index (χ0v) is 19.7. The zero-order chi connectivity index (χ0) is 22.7. The van der Waals surface area contributed by atoms with E-state index in [1.54, 1.807) is 0 Å². The van der Waals surface area contributed by atoms with Gasteiger partial charge in [-0.3, -0.25) is 9.69 Å². The predicted molar refractivity (Wildman–Crippen MR) is 129 cm³/mol. The number of unbranched alkanes of at least 4 members (excludes halogenated alkanes) is 1. The number of ether oxygens (including phenoxy) is 1. The molecule has 2 aliphatic heterocycles. The van der Waals surface area contributed by atoms with Crippen LogP contribution in [0.15, 0.2) is 30.3 Å². The van der Waals surface area contributed by atoms with Gasteiger partial charge in [-0.25, -0.2) is 0 Å². The number of anilines is 2. The van der Waals surface area contributed by atoms with Crippen LogP contribution in [-0.2, 0) is 24.3 Å². The fourth-order valence-electron chi connectivity index (χ4n) is 4.69. The standard InChI is InChI=1S/C26H36N4O2/c1-4-5-13-32-24-16-22-21(25(27)28-24)15-23(31)26(2,3)30(22)18-20-10-8-9-19(14-20)17-29-11-6-7-12-29/h8-10,14,16H,4-7,11-13,15,17-18H2,1-3H3,(H2,27,28). The molecule has 0 amide bonds. The summed E-state index contributed by atoms with van der Waals surface area (Å²) < 4.78 is 5.87. The second kappa shape index (κ2) is 9.49. The molecule has 1 aromatic heterocycles. The third-order valence-corrected chi connectivity index (χ3v) is 6.78. The Morgan fingerprint density at radius 3 is 2.56 bits per heavy atom. The van der Waals surface area contributed by atoms with E-state index < -0.39 is 5.54 Å². The molecule has 0 spiro atoms. The Kier molecular flexibility index (Phi) is 6.70. The highest BCUT2D eigenvalue weighted by Crippen LogP contribution is 2.40. The summed E-state index contributed by atoms with van der Waals surface area (Å²) in [4.78, 5) is 22.2. The number of fused-ring (bicyclic) bond motifs is 1. The number of carbonyl (C=O) groups is 1. The first-order chi connectivity index (χ1) is 15.4. The van der Waals surface area contributed by atoms with Crippen molar-refractivity contribution in [1.82, 2.24) is 9.88 Å². The van der Waals surface area contributed by atoms with E-state index in [1.165, 1.54) is 37.1 Å². The Hall–Kier alpha value is -2.60. The molecule has 172 valence electrons. The number of aromatic nitrogens is 1. The van der Waals surface area contributed by atoms with Crippen LogP contribution in [0.5, 0.6) is 5.88 Å². The lowest BCUT2D eigenvalue weighted by Crippen LogP contribution is -2.54. The van der Waals surface area contributed by atoms with Crippen LogP contribution in [0.3, 0.4) is 0 Å². The fraction of sp³-hybridized carbons (Fsp3) is 0.538. The molecule has 1 fully saturated rings. The molecule has 1 saturated heterocycles. The van der Waals surface area contributed by atoms with Crippen LogP contribution < -0.4 is 15.4 Å². The van der Waals surface area contributed by atoms with Crippen LogP contribution >= 0.6 is 0 Å². The highest BCUT2D eigenvalue weighted by Gasteiger charge is 2.41. The van der Waals surface area contributed by atoms with E-state index in [-0.39, 0.29) is 5.78 Å². The van der Waals surface area contributed by atoms with Gasteiger partial charge in [-0.2, -0.15) is 4.98 Å². The summed E-state index contributed by atoms with van der Waals surface area (Å²) in [6.45, 7) is 10.7. The van der Waals surface area contributed by atoms with Crippen molar-refractivity contribution < 1.29 is 9.53 Å². The van der Waals surface area contributed by atoms with Gasteiger partial charge in [0.25, 0.3) is 0 Å². The summed E-state index contributed by atoms with van der Waals surface area (Å²) in [7, 11) is 0. The van der Waals surface area contributed by atoms with E-state index >= 15 is 0 Å². The number of carbonyl (C=O) groups excluding carboxylic acids is 1. The molecule has 3 heterocycles. The number of hydrogen-bond acceptors (Lipinski definition) is 6. The van der Waals surface area contributed by atoms with Gasteiger partial charge in [-0.05, 0) is 57.3 Å². The molecule has 0 radical (unpaired) electrons. The van der Waals surface area contributed by atoms with Crippen molar-refractivity contribution in [1.29, 1.82) is 0 Å². The Balaban J connectivity index is 1.63. The third kappa shape index (κ3) is 4.75. The number of benzene rings is 1. The van der Waals surface area contributed by atoms with Gasteiger partial charge in [0.2, 0.25) is 5.88 Å². The Morgan fingerprint density at radius 1 is 1.12 bits per heavy atom. The van der Waals surface area contributed by atoms with Crippen molar-refractivity contribution >= 4 is 17.3 Å². The molecule has 0 bridgehead atoms. The topological polar surface area (TPSA) is 71.7 Å². The van der Waals surface area contributed by atoms with Gasteiger partial charge in [0.05, 0.1) is 17.8 Å². The van der Waals surface area contributed by atoms with Gasteiger partial charge < -0.3 is 15.4 Å². The lowest BCUT2D eigenvalue weighted by atomic mass is 9.85. The molecule has 6 nitrogen and oxygen atoms in total. The van der Waals surface area contributed by atoms with E-state index in [0.29, 0.717) is 31.3 Å². The second-order valence-electron chi connectivity index (χ2n) is 9.59. The number of Topliss-reactive ketones (excluding diaryl/α,β-unsaturated/α-hetero) is 1. The first-order valence-electron chi connectivity index (χ1n) is 11.9. The van der Waals surface area contributed by atoms with Crippen molar-refractivity contribution in [2.75, 3.05) is 30.3 Å². The van der Waals surface area contributed by atoms with Crippen molar-refractivity contribution in [3.05, 3.63) is 47.0 Å². The van der Waals surface area contributed by atoms with Gasteiger partial charge in [0.15, 0.2) is 5.78 Å². The van der Waals surface area contributed by atoms with Gasteiger partial charge >= 0.3 is 0 Å². The molecule has 2 aromatic rings. The molecular formula is C26H36N4O2. The van der Waals surface area contributed by atoms with E-state index in [9.17, 15) is 4.79 Å². The molecule has 6 heteroatoms. The SMILES string of the molecule is CCCCOc1cc2c(c(N)n1)CC(=O)C(C)(C)N2Cc1cccc(CN2CCCC2)c1. The van der Waals surface area contributed by atoms with Gasteiger partial charge in [0.1, 0.15) is 5.82 Å². The largest absolute Gasteiger partial charge is 0.478 e. The average Bonchev–Trinajstić information content (AvgIpc) is 3.26. The van der Waals surface area contributed by atoms with E-state index in [1.807, 2.05) is 19.9 Å². The van der Waals surface area contributed by atoms with Crippen LogP contribution in [0.2, 0.25) is 0 Å². The maximum absolute atomic E-state index is 13.1. The summed E-state index contributed by atoms with van der Waals surface area (Å²) in [6.07, 6.45) is 4.91. The first-order valence-corrected chi connectivity index (χ1v) is 11.9. The Bertz CT molecular complexity index is 966. The maximum Gasteiger partial charge on any atom is 0.217 e. The van der Waals surface area contributed by atoms with E-state index in [2.05, 4.69) is 46.0 Å². The molecule has 0 aliphatic carbocycles. The average molecular weight is 437 g/mol. The maximum atomic E-state index is 13.1. The van der Waals surface area contributed by atoms with Crippen LogP contribution in [0.4, 0.5) is 11.5 Å². The molecule has 0 saturated carbocycles. The van der Waals surface area contributed by atoms with Crippen LogP contribution in [0.1, 0.15) is 63.1 Å². The normalized spacial score (nSPS) is 18.1. The quantitative estimate of drug-likeness (QED) is 0.621. The second-order valence-corrected chi connectivity index (χ2v) is 9.59. The van der Waals surface area contributed by atoms with Gasteiger partial charge in [-0.1, -0.05) is 37.6 Å². The highest BCUT2D eigenvalue weighted by atomic mass is 16.5. The number of nitrogens with two attached hydrogens (primary N) is 1. The minimum Gasteiger partial charge on any atom is -0.478 e. The number of pyridine rings is 1. The first kappa shape index (κ1) is 22.6. The van der Waals surface area contributed by atoms with Gasteiger partial charge in [-0.15, -0.1) is 0 Å². The van der Waals surface area contributed by atoms with Crippen LogP contribution in [0.25, 0.3) is 0 Å². The molecule has 0 atom stereocenters. The molecule has 1 aromatic carbocycles. The smallest absolute Gasteiger partial charge is 0.217 e. The number of ketones is 1. The predicted octanol–water partition coefficient (Wildman–Crippen LogP) is 4.35. The minimum absolute atomic E-state index is 0.159. The summed E-state index contributed by atoms with van der Waals surface area (Å²) in [5, 5.41) is 0.